The third kappa shape index (κ3) is 11.9. The molecule has 25 heteroatoms. The van der Waals surface area contributed by atoms with Gasteiger partial charge in [-0.3, -0.25) is 47.7 Å². The van der Waals surface area contributed by atoms with Gasteiger partial charge < -0.3 is 45.4 Å². The van der Waals surface area contributed by atoms with Crippen LogP contribution in [0.25, 0.3) is 53.7 Å². The first-order valence-electron chi connectivity index (χ1n) is 30.8. The van der Waals surface area contributed by atoms with Crippen molar-refractivity contribution in [1.82, 2.24) is 54.8 Å². The Morgan fingerprint density at radius 2 is 1.51 bits per heavy atom. The number of nitrogens with one attached hydrogen (secondary N) is 3. The van der Waals surface area contributed by atoms with Crippen molar-refractivity contribution in [2.24, 2.45) is 13.0 Å². The second-order valence-electron chi connectivity index (χ2n) is 24.1. The molecule has 0 saturated carbocycles. The maximum Gasteiger partial charge on any atom is 0.322 e. The second-order valence-corrected chi connectivity index (χ2v) is 25.6. The molecule has 3 atom stereocenters. The Morgan fingerprint density at radius 1 is 0.769 bits per heavy atom. The van der Waals surface area contributed by atoms with E-state index in [1.54, 1.807) is 63.0 Å². The number of carbonyl (C=O) groups excluding carboxylic acids is 7. The molecule has 4 N–H and O–H groups in total. The molecule has 5 aliphatic rings. The number of piperidine rings is 3. The van der Waals surface area contributed by atoms with Crippen molar-refractivity contribution in [3.63, 3.8) is 0 Å². The van der Waals surface area contributed by atoms with Crippen LogP contribution < -0.4 is 20.7 Å². The highest BCUT2D eigenvalue weighted by Gasteiger charge is 2.52. The number of aryl methyl sites for hydroxylation is 1. The summed E-state index contributed by atoms with van der Waals surface area (Å²) < 4.78 is 27.3. The van der Waals surface area contributed by atoms with Crippen LogP contribution in [-0.4, -0.2) is 167 Å². The van der Waals surface area contributed by atoms with Gasteiger partial charge in [-0.1, -0.05) is 60.1 Å². The summed E-state index contributed by atoms with van der Waals surface area (Å²) >= 11 is 8.04. The lowest BCUT2D eigenvalue weighted by Gasteiger charge is -2.44. The van der Waals surface area contributed by atoms with Crippen LogP contribution in [0, 0.1) is 11.7 Å². The van der Waals surface area contributed by atoms with Crippen LogP contribution in [0.1, 0.15) is 80.9 Å². The van der Waals surface area contributed by atoms with E-state index in [1.165, 1.54) is 22.1 Å². The van der Waals surface area contributed by atoms with Gasteiger partial charge in [0.05, 0.1) is 62.1 Å². The molecule has 4 saturated heterocycles. The van der Waals surface area contributed by atoms with Crippen LogP contribution in [-0.2, 0) is 51.9 Å². The van der Waals surface area contributed by atoms with Crippen molar-refractivity contribution in [2.75, 3.05) is 64.2 Å². The number of rotatable bonds is 15. The highest BCUT2D eigenvalue weighted by Crippen LogP contribution is 2.44. The fourth-order valence-electron chi connectivity index (χ4n) is 13.9. The first kappa shape index (κ1) is 60.6. The molecule has 0 spiro atoms. The summed E-state index contributed by atoms with van der Waals surface area (Å²) in [5.41, 5.74) is 3.92. The Morgan fingerprint density at radius 3 is 2.31 bits per heavy atom. The molecule has 5 aromatic carbocycles. The Balaban J connectivity index is 0.718. The van der Waals surface area contributed by atoms with Gasteiger partial charge in [-0.25, -0.2) is 9.37 Å². The zero-order chi connectivity index (χ0) is 63.2. The molecular weight excluding hydrogens is 1210 g/mol. The molecule has 5 aliphatic heterocycles. The average Bonchev–Trinajstić information content (AvgIpc) is 1.71. The van der Waals surface area contributed by atoms with Crippen LogP contribution in [0.5, 0.6) is 5.75 Å². The van der Waals surface area contributed by atoms with Crippen LogP contribution in [0.15, 0.2) is 103 Å². The number of hydrogen-bond acceptors (Lipinski definition) is 13. The number of ether oxygens (including phenoxy) is 1. The summed E-state index contributed by atoms with van der Waals surface area (Å²) in [6.07, 6.45) is 4.87. The number of thiazole rings is 1. The molecule has 3 aromatic heterocycles. The Bertz CT molecular complexity index is 4250. The number of aliphatic carboxylic acids is 1. The fraction of sp³-hybridized carbons (Fsp3) is 0.379. The third-order valence-electron chi connectivity index (χ3n) is 18.5. The molecule has 8 aromatic rings. The molecular formula is C66H66ClFN12O10S. The highest BCUT2D eigenvalue weighted by molar-refractivity contribution is 7.22. The number of aromatic nitrogens is 5. The number of carboxylic acid groups (broad SMARTS) is 1. The van der Waals surface area contributed by atoms with Gasteiger partial charge in [-0.05, 0) is 98.2 Å². The predicted molar refractivity (Wildman–Crippen MR) is 337 cm³/mol. The molecule has 0 aliphatic carbocycles. The topological polar surface area (TPSA) is 264 Å². The fourth-order valence-corrected chi connectivity index (χ4v) is 15.2. The summed E-state index contributed by atoms with van der Waals surface area (Å²) in [7, 11) is 1.77. The van der Waals surface area contributed by atoms with Crippen LogP contribution in [0.2, 0.25) is 5.02 Å². The lowest BCUT2D eigenvalue weighted by Crippen LogP contribution is -2.62. The number of benzene rings is 5. The predicted octanol–water partition coefficient (Wildman–Crippen LogP) is 7.48. The minimum absolute atomic E-state index is 0.00871. The van der Waals surface area contributed by atoms with Crippen molar-refractivity contribution in [2.45, 2.75) is 87.8 Å². The number of fused-ring (bicyclic) bond motifs is 4. The molecule has 470 valence electrons. The number of nitrogens with zero attached hydrogens (tertiary/aromatic N) is 9. The molecule has 13 rings (SSSR count). The normalized spacial score (nSPS) is 19.3. The van der Waals surface area contributed by atoms with Crippen LogP contribution in [0.3, 0.4) is 0 Å². The smallest absolute Gasteiger partial charge is 0.322 e. The van der Waals surface area contributed by atoms with Gasteiger partial charge in [0.1, 0.15) is 35.7 Å². The summed E-state index contributed by atoms with van der Waals surface area (Å²) in [6.45, 7) is 0.533. The minimum atomic E-state index is -1.52. The number of amides is 7. The van der Waals surface area contributed by atoms with Crippen molar-refractivity contribution < 1.29 is 52.6 Å². The van der Waals surface area contributed by atoms with Crippen molar-refractivity contribution in [3.05, 3.63) is 125 Å². The van der Waals surface area contributed by atoms with Gasteiger partial charge in [0.2, 0.25) is 35.4 Å². The average molecular weight is 1270 g/mol. The van der Waals surface area contributed by atoms with Gasteiger partial charge in [0, 0.05) is 100 Å². The Kier molecular flexibility index (Phi) is 16.8. The lowest BCUT2D eigenvalue weighted by atomic mass is 9.85. The number of carbonyl (C=O) groups is 8. The SMILES string of the molecule is Cn1ncc2cc(F)c(-c3cccc4c3c(C3CCN(C(=O)C5CCCN(C(=O)[C@@H]6CCCN6C(=O)C6(Oc7ccccc7-c7nc8cccc(Cl)c8s7)CCN(C(=O)[C@H]7CC(=O)Nc8ccccc87)CC6)C5)CC3)nn4CC(=O)NCC(=O)NCC(=O)O)cc21. The standard InChI is InChI=1S/C66H66ClFN12O10S/c1-75-52-31-44(47(68)30-40(52)33-71-75)42-13-6-17-50-58(42)59(74-80(50)37-56(83)69-34-55(82)70-35-57(84)85)38-20-26-76(27-21-38)62(86)39-10-8-24-78(36-39)64(88)51-18-9-25-79(51)65(89)66(90-53-19-5-3-12-43(53)61-73-49-16-7-14-46(67)60(49)91-61)22-28-77(29-23-66)63(87)45-32-54(81)72-48-15-4-2-11-41(45)48/h2-7,11-17,19,30-31,33,38-39,45,51H,8-10,18,20-29,32,34-37H2,1H3,(H,69,83)(H,70,82)(H,72,81)(H,84,85)/t39?,45-,51-/m0/s1. The zero-order valence-corrected chi connectivity index (χ0v) is 51.4. The quantitative estimate of drug-likeness (QED) is 0.0777. The van der Waals surface area contributed by atoms with E-state index in [0.29, 0.717) is 136 Å². The van der Waals surface area contributed by atoms with Crippen molar-refractivity contribution in [3.8, 4) is 27.4 Å². The maximum atomic E-state index is 16.2. The summed E-state index contributed by atoms with van der Waals surface area (Å²) in [5, 5.41) is 28.4. The van der Waals surface area contributed by atoms with E-state index in [4.69, 9.17) is 31.5 Å². The first-order chi connectivity index (χ1) is 44.0. The van der Waals surface area contributed by atoms with Gasteiger partial charge in [0.25, 0.3) is 5.91 Å². The molecule has 22 nitrogen and oxygen atoms in total. The van der Waals surface area contributed by atoms with Crippen molar-refractivity contribution in [1.29, 1.82) is 0 Å². The Hall–Kier alpha value is -9.29. The van der Waals surface area contributed by atoms with Gasteiger partial charge >= 0.3 is 5.97 Å². The monoisotopic (exact) mass is 1270 g/mol. The molecule has 0 radical (unpaired) electrons. The first-order valence-corrected chi connectivity index (χ1v) is 32.0. The molecule has 1 unspecified atom stereocenters. The lowest BCUT2D eigenvalue weighted by molar-refractivity contribution is -0.160. The highest BCUT2D eigenvalue weighted by atomic mass is 35.5. The van der Waals surface area contributed by atoms with E-state index in [0.717, 1.165) is 10.3 Å². The summed E-state index contributed by atoms with van der Waals surface area (Å²) in [6, 6.07) is 27.9. The van der Waals surface area contributed by atoms with Crippen LogP contribution >= 0.6 is 22.9 Å². The molecule has 0 bridgehead atoms. The number of hydrogen-bond donors (Lipinski definition) is 4. The van der Waals surface area contributed by atoms with E-state index >= 15 is 14.0 Å². The summed E-state index contributed by atoms with van der Waals surface area (Å²) in [4.78, 5) is 121. The molecule has 91 heavy (non-hydrogen) atoms. The van der Waals surface area contributed by atoms with E-state index < -0.39 is 60.2 Å². The molecule has 7 amide bonds. The minimum Gasteiger partial charge on any atom is -0.480 e. The number of likely N-dealkylation sites (tertiary alicyclic amines) is 4. The van der Waals surface area contributed by atoms with Gasteiger partial charge in [-0.2, -0.15) is 10.2 Å². The molecule has 8 heterocycles. The second kappa shape index (κ2) is 25.2. The molecule has 4 fully saturated rings. The number of carboxylic acids is 1. The third-order valence-corrected chi connectivity index (χ3v) is 20.1. The van der Waals surface area contributed by atoms with E-state index in [1.807, 2.05) is 65.6 Å². The van der Waals surface area contributed by atoms with Crippen molar-refractivity contribution >= 4 is 108 Å². The zero-order valence-electron chi connectivity index (χ0n) is 49.9. The summed E-state index contributed by atoms with van der Waals surface area (Å²) in [5.74, 6) is -5.11. The van der Waals surface area contributed by atoms with E-state index in [2.05, 4.69) is 21.0 Å². The van der Waals surface area contributed by atoms with E-state index in [-0.39, 0.29) is 80.9 Å². The number of para-hydroxylation sites is 2. The largest absolute Gasteiger partial charge is 0.480 e. The maximum absolute atomic E-state index is 16.2. The van der Waals surface area contributed by atoms with E-state index in [9.17, 15) is 28.8 Å². The van der Waals surface area contributed by atoms with Crippen LogP contribution in [0.4, 0.5) is 10.1 Å². The number of halogens is 2. The van der Waals surface area contributed by atoms with Gasteiger partial charge in [-0.15, -0.1) is 11.3 Å². The van der Waals surface area contributed by atoms with Gasteiger partial charge in [0.15, 0.2) is 5.60 Å². The number of anilines is 1. The Labute approximate surface area is 530 Å².